The zero-order valence-corrected chi connectivity index (χ0v) is 19.1. The van der Waals surface area contributed by atoms with Gasteiger partial charge in [0.15, 0.2) is 0 Å². The predicted molar refractivity (Wildman–Crippen MR) is 128 cm³/mol. The molecule has 2 aromatic carbocycles. The van der Waals surface area contributed by atoms with Crippen LogP contribution in [0.15, 0.2) is 73.1 Å². The Morgan fingerprint density at radius 2 is 1.88 bits per heavy atom. The summed E-state index contributed by atoms with van der Waals surface area (Å²) in [5.74, 6) is -0.0903. The third kappa shape index (κ3) is 5.06. The summed E-state index contributed by atoms with van der Waals surface area (Å²) in [5.41, 5.74) is 2.76. The second-order valence-corrected chi connectivity index (χ2v) is 8.01. The highest BCUT2D eigenvalue weighted by atomic mass is 16.5. The molecule has 0 bridgehead atoms. The molecule has 174 valence electrons. The number of benzene rings is 2. The molecule has 2 heterocycles. The van der Waals surface area contributed by atoms with Crippen LogP contribution in [0.2, 0.25) is 0 Å². The molecular formula is C26H26N4O4. The average Bonchev–Trinajstić information content (AvgIpc) is 3.05. The summed E-state index contributed by atoms with van der Waals surface area (Å²) >= 11 is 0. The molecule has 1 saturated heterocycles. The van der Waals surface area contributed by atoms with Crippen LogP contribution in [-0.2, 0) is 16.1 Å². The Bertz CT molecular complexity index is 1180. The average molecular weight is 459 g/mol. The maximum Gasteiger partial charge on any atom is 0.332 e. The van der Waals surface area contributed by atoms with E-state index in [0.29, 0.717) is 23.7 Å². The van der Waals surface area contributed by atoms with Crippen LogP contribution in [0.25, 0.3) is 0 Å². The fourth-order valence-electron chi connectivity index (χ4n) is 3.90. The van der Waals surface area contributed by atoms with Gasteiger partial charge in [0.2, 0.25) is 5.91 Å². The molecule has 0 saturated carbocycles. The van der Waals surface area contributed by atoms with Gasteiger partial charge in [0.1, 0.15) is 11.8 Å². The smallest absolute Gasteiger partial charge is 0.332 e. The first-order chi connectivity index (χ1) is 16.5. The second kappa shape index (κ2) is 10.2. The first kappa shape index (κ1) is 23.0. The van der Waals surface area contributed by atoms with Gasteiger partial charge in [-0.1, -0.05) is 18.2 Å². The van der Waals surface area contributed by atoms with Gasteiger partial charge in [-0.05, 0) is 67.4 Å². The zero-order valence-electron chi connectivity index (χ0n) is 19.1. The van der Waals surface area contributed by atoms with Gasteiger partial charge in [-0.25, -0.2) is 9.69 Å². The SMILES string of the molecule is CCOc1ccc(NC(=O)C[C@@H]2C(=O)N(c3cccc(C)c3)C(=O)N2Cc2cccnc2)cc1. The van der Waals surface area contributed by atoms with E-state index in [1.807, 2.05) is 26.0 Å². The van der Waals surface area contributed by atoms with Crippen molar-refractivity contribution in [3.05, 3.63) is 84.2 Å². The summed E-state index contributed by atoms with van der Waals surface area (Å²) in [7, 11) is 0. The van der Waals surface area contributed by atoms with Crippen LogP contribution in [0, 0.1) is 6.92 Å². The quantitative estimate of drug-likeness (QED) is 0.512. The van der Waals surface area contributed by atoms with Crippen molar-refractivity contribution in [2.45, 2.75) is 32.9 Å². The number of rotatable bonds is 8. The second-order valence-electron chi connectivity index (χ2n) is 8.01. The van der Waals surface area contributed by atoms with Crippen molar-refractivity contribution in [2.75, 3.05) is 16.8 Å². The number of anilines is 2. The van der Waals surface area contributed by atoms with Gasteiger partial charge in [-0.2, -0.15) is 0 Å². The third-order valence-corrected chi connectivity index (χ3v) is 5.48. The molecular weight excluding hydrogens is 432 g/mol. The Hall–Kier alpha value is -4.20. The summed E-state index contributed by atoms with van der Waals surface area (Å²) in [6.45, 7) is 4.51. The number of ether oxygens (including phenoxy) is 1. The molecule has 1 N–H and O–H groups in total. The predicted octanol–water partition coefficient (Wildman–Crippen LogP) is 4.15. The minimum absolute atomic E-state index is 0.166. The summed E-state index contributed by atoms with van der Waals surface area (Å²) in [5, 5.41) is 2.81. The standard InChI is InChI=1S/C26H26N4O4/c1-3-34-22-11-9-20(10-12-22)28-24(31)15-23-25(32)30(21-8-4-6-18(2)14-21)26(33)29(23)17-19-7-5-13-27-16-19/h4-14,16,23H,3,15,17H2,1-2H3,(H,28,31)/t23-/m1/s1. The minimum atomic E-state index is -0.934. The van der Waals surface area contributed by atoms with Crippen LogP contribution < -0.4 is 15.0 Å². The number of nitrogens with zero attached hydrogens (tertiary/aromatic N) is 3. The summed E-state index contributed by atoms with van der Waals surface area (Å²) in [6.07, 6.45) is 3.12. The first-order valence-corrected chi connectivity index (χ1v) is 11.1. The fourth-order valence-corrected chi connectivity index (χ4v) is 3.90. The van der Waals surface area contributed by atoms with E-state index < -0.39 is 18.0 Å². The van der Waals surface area contributed by atoms with Gasteiger partial charge in [-0.15, -0.1) is 0 Å². The molecule has 1 aliphatic rings. The van der Waals surface area contributed by atoms with Gasteiger partial charge >= 0.3 is 6.03 Å². The zero-order chi connectivity index (χ0) is 24.1. The largest absolute Gasteiger partial charge is 0.494 e. The number of carbonyl (C=O) groups is 3. The van der Waals surface area contributed by atoms with E-state index in [9.17, 15) is 14.4 Å². The minimum Gasteiger partial charge on any atom is -0.494 e. The summed E-state index contributed by atoms with van der Waals surface area (Å²) in [4.78, 5) is 46.3. The Morgan fingerprint density at radius 3 is 2.56 bits per heavy atom. The van der Waals surface area contributed by atoms with Gasteiger partial charge in [0.25, 0.3) is 5.91 Å². The molecule has 4 rings (SSSR count). The summed E-state index contributed by atoms with van der Waals surface area (Å²) < 4.78 is 5.42. The first-order valence-electron chi connectivity index (χ1n) is 11.1. The van der Waals surface area contributed by atoms with Crippen LogP contribution in [-0.4, -0.2) is 40.4 Å². The number of imide groups is 1. The van der Waals surface area contributed by atoms with E-state index in [2.05, 4.69) is 10.3 Å². The molecule has 4 amide bonds. The van der Waals surface area contributed by atoms with E-state index in [1.165, 1.54) is 4.90 Å². The number of hydrogen-bond acceptors (Lipinski definition) is 5. The number of amides is 4. The lowest BCUT2D eigenvalue weighted by molar-refractivity contribution is -0.124. The van der Waals surface area contributed by atoms with E-state index in [0.717, 1.165) is 16.0 Å². The van der Waals surface area contributed by atoms with Gasteiger partial charge in [0.05, 0.1) is 18.7 Å². The van der Waals surface area contributed by atoms with Crippen LogP contribution >= 0.6 is 0 Å². The van der Waals surface area contributed by atoms with Crippen molar-refractivity contribution in [2.24, 2.45) is 0 Å². The number of pyridine rings is 1. The molecule has 0 radical (unpaired) electrons. The van der Waals surface area contributed by atoms with Crippen LogP contribution in [0.4, 0.5) is 16.2 Å². The van der Waals surface area contributed by atoms with Crippen molar-refractivity contribution in [1.82, 2.24) is 9.88 Å². The van der Waals surface area contributed by atoms with Crippen LogP contribution in [0.1, 0.15) is 24.5 Å². The van der Waals surface area contributed by atoms with Crippen molar-refractivity contribution in [3.63, 3.8) is 0 Å². The lowest BCUT2D eigenvalue weighted by Gasteiger charge is -2.21. The Morgan fingerprint density at radius 1 is 1.09 bits per heavy atom. The lowest BCUT2D eigenvalue weighted by Crippen LogP contribution is -2.37. The van der Waals surface area contributed by atoms with E-state index in [4.69, 9.17) is 4.74 Å². The maximum absolute atomic E-state index is 13.4. The molecule has 3 aromatic rings. The highest BCUT2D eigenvalue weighted by molar-refractivity contribution is 6.22. The van der Waals surface area contributed by atoms with Crippen molar-refractivity contribution in [1.29, 1.82) is 0 Å². The van der Waals surface area contributed by atoms with Crippen LogP contribution in [0.5, 0.6) is 5.75 Å². The number of carbonyl (C=O) groups excluding carboxylic acids is 3. The van der Waals surface area contributed by atoms with E-state index in [-0.39, 0.29) is 18.9 Å². The van der Waals surface area contributed by atoms with Crippen molar-refractivity contribution in [3.8, 4) is 5.75 Å². The Kier molecular flexibility index (Phi) is 6.87. The van der Waals surface area contributed by atoms with Gasteiger partial charge in [-0.3, -0.25) is 14.6 Å². The Labute approximate surface area is 198 Å². The molecule has 0 aliphatic carbocycles. The molecule has 8 heteroatoms. The number of urea groups is 1. The monoisotopic (exact) mass is 458 g/mol. The Balaban J connectivity index is 1.56. The molecule has 8 nitrogen and oxygen atoms in total. The van der Waals surface area contributed by atoms with Gasteiger partial charge < -0.3 is 15.0 Å². The topological polar surface area (TPSA) is 91.8 Å². The number of nitrogens with one attached hydrogen (secondary N) is 1. The molecule has 1 fully saturated rings. The maximum atomic E-state index is 13.4. The molecule has 0 spiro atoms. The van der Waals surface area contributed by atoms with E-state index >= 15 is 0 Å². The molecule has 1 aliphatic heterocycles. The van der Waals surface area contributed by atoms with Crippen molar-refractivity contribution >= 4 is 29.2 Å². The molecule has 0 unspecified atom stereocenters. The number of aryl methyl sites for hydroxylation is 1. The van der Waals surface area contributed by atoms with Crippen molar-refractivity contribution < 1.29 is 19.1 Å². The van der Waals surface area contributed by atoms with E-state index in [1.54, 1.807) is 60.9 Å². The third-order valence-electron chi connectivity index (χ3n) is 5.48. The van der Waals surface area contributed by atoms with Crippen LogP contribution in [0.3, 0.4) is 0 Å². The molecule has 1 aromatic heterocycles. The summed E-state index contributed by atoms with van der Waals surface area (Å²) in [6, 6.07) is 16.4. The number of aromatic nitrogens is 1. The number of hydrogen-bond donors (Lipinski definition) is 1. The highest BCUT2D eigenvalue weighted by Crippen LogP contribution is 2.29. The lowest BCUT2D eigenvalue weighted by atomic mass is 10.1. The molecule has 1 atom stereocenters. The fraction of sp³-hybridized carbons (Fsp3) is 0.231. The van der Waals surface area contributed by atoms with Gasteiger partial charge in [0, 0.05) is 24.6 Å². The molecule has 34 heavy (non-hydrogen) atoms. The highest BCUT2D eigenvalue weighted by Gasteiger charge is 2.46. The normalized spacial score (nSPS) is 15.5.